The van der Waals surface area contributed by atoms with Gasteiger partial charge in [-0.3, -0.25) is 4.90 Å². The standard InChI is InChI=1S/C19H29NO3S/c21-16-12-17(22)19(16)8-10-20(11-9-19)13-14-6-7-18(23-14)24-15-4-2-1-3-5-15/h6-7,15-17,21-22H,1-5,8-13H2/t16-,17+. The van der Waals surface area contributed by atoms with Crippen LogP contribution < -0.4 is 0 Å². The third-order valence-electron chi connectivity index (χ3n) is 6.41. The summed E-state index contributed by atoms with van der Waals surface area (Å²) in [6.07, 6.45) is 8.46. The van der Waals surface area contributed by atoms with Crippen molar-refractivity contribution in [3.63, 3.8) is 0 Å². The van der Waals surface area contributed by atoms with Gasteiger partial charge in [0.2, 0.25) is 0 Å². The van der Waals surface area contributed by atoms with Crippen molar-refractivity contribution in [2.45, 2.75) is 80.5 Å². The zero-order valence-electron chi connectivity index (χ0n) is 14.3. The smallest absolute Gasteiger partial charge is 0.160 e. The number of aliphatic hydroxyl groups is 2. The van der Waals surface area contributed by atoms with Gasteiger partial charge in [0.05, 0.1) is 18.8 Å². The summed E-state index contributed by atoms with van der Waals surface area (Å²) in [7, 11) is 0. The number of nitrogens with zero attached hydrogens (tertiary/aromatic N) is 1. The fourth-order valence-electron chi connectivity index (χ4n) is 4.61. The molecule has 0 radical (unpaired) electrons. The zero-order chi connectivity index (χ0) is 16.6. The molecule has 2 N–H and O–H groups in total. The third kappa shape index (κ3) is 3.28. The average molecular weight is 352 g/mol. The van der Waals surface area contributed by atoms with Crippen LogP contribution in [-0.2, 0) is 6.54 Å². The Morgan fingerprint density at radius 3 is 2.46 bits per heavy atom. The van der Waals surface area contributed by atoms with Crippen molar-refractivity contribution in [2.24, 2.45) is 5.41 Å². The quantitative estimate of drug-likeness (QED) is 0.870. The van der Waals surface area contributed by atoms with Crippen LogP contribution in [0, 0.1) is 5.41 Å². The van der Waals surface area contributed by atoms with E-state index < -0.39 is 0 Å². The van der Waals surface area contributed by atoms with E-state index in [4.69, 9.17) is 4.42 Å². The molecule has 1 aromatic heterocycles. The molecule has 0 aromatic carbocycles. The van der Waals surface area contributed by atoms with Crippen LogP contribution in [0.15, 0.2) is 21.6 Å². The Morgan fingerprint density at radius 1 is 1.08 bits per heavy atom. The minimum absolute atomic E-state index is 0.221. The molecule has 0 amide bonds. The van der Waals surface area contributed by atoms with Gasteiger partial charge in [-0.25, -0.2) is 0 Å². The van der Waals surface area contributed by atoms with Gasteiger partial charge < -0.3 is 14.6 Å². The maximum atomic E-state index is 10.0. The molecule has 3 fully saturated rings. The highest BCUT2D eigenvalue weighted by molar-refractivity contribution is 7.99. The first-order valence-corrected chi connectivity index (χ1v) is 10.4. The molecule has 2 aliphatic carbocycles. The first-order chi connectivity index (χ1) is 11.7. The van der Waals surface area contributed by atoms with Crippen molar-refractivity contribution < 1.29 is 14.6 Å². The van der Waals surface area contributed by atoms with E-state index in [1.165, 1.54) is 32.1 Å². The number of piperidine rings is 1. The van der Waals surface area contributed by atoms with E-state index in [9.17, 15) is 10.2 Å². The molecule has 3 aliphatic rings. The van der Waals surface area contributed by atoms with Crippen LogP contribution in [0.3, 0.4) is 0 Å². The van der Waals surface area contributed by atoms with Gasteiger partial charge in [0.15, 0.2) is 5.09 Å². The topological polar surface area (TPSA) is 56.8 Å². The van der Waals surface area contributed by atoms with Crippen LogP contribution in [-0.4, -0.2) is 45.7 Å². The predicted octanol–water partition coefficient (Wildman–Crippen LogP) is 3.41. The first-order valence-electron chi connectivity index (χ1n) is 9.49. The molecular formula is C19H29NO3S. The Bertz CT molecular complexity index is 537. The Balaban J connectivity index is 1.27. The highest BCUT2D eigenvalue weighted by atomic mass is 32.2. The number of likely N-dealkylation sites (tertiary alicyclic amines) is 1. The molecular weight excluding hydrogens is 322 g/mol. The fourth-order valence-corrected chi connectivity index (χ4v) is 5.81. The number of furan rings is 1. The molecule has 4 rings (SSSR count). The number of aliphatic hydroxyl groups excluding tert-OH is 2. The molecule has 2 heterocycles. The van der Waals surface area contributed by atoms with Crippen molar-refractivity contribution >= 4 is 11.8 Å². The van der Waals surface area contributed by atoms with Crippen LogP contribution in [0.25, 0.3) is 0 Å². The molecule has 1 spiro atoms. The Hall–Kier alpha value is -0.490. The van der Waals surface area contributed by atoms with Crippen molar-refractivity contribution in [3.05, 3.63) is 17.9 Å². The van der Waals surface area contributed by atoms with E-state index in [0.717, 1.165) is 48.6 Å². The number of rotatable bonds is 4. The van der Waals surface area contributed by atoms with Gasteiger partial charge in [-0.2, -0.15) is 0 Å². The van der Waals surface area contributed by atoms with E-state index in [2.05, 4.69) is 17.0 Å². The largest absolute Gasteiger partial charge is 0.454 e. The second kappa shape index (κ2) is 7.02. The Kier molecular flexibility index (Phi) is 4.96. The maximum absolute atomic E-state index is 10.0. The fraction of sp³-hybridized carbons (Fsp3) is 0.789. The third-order valence-corrected chi connectivity index (χ3v) is 7.67. The molecule has 4 nitrogen and oxygen atoms in total. The maximum Gasteiger partial charge on any atom is 0.160 e. The second-order valence-electron chi connectivity index (χ2n) is 7.88. The average Bonchev–Trinajstić information content (AvgIpc) is 3.03. The lowest BCUT2D eigenvalue weighted by Crippen LogP contribution is -2.61. The molecule has 134 valence electrons. The Labute approximate surface area is 148 Å². The van der Waals surface area contributed by atoms with Gasteiger partial charge in [-0.1, -0.05) is 31.0 Å². The number of hydrogen-bond donors (Lipinski definition) is 2. The number of hydrogen-bond acceptors (Lipinski definition) is 5. The Morgan fingerprint density at radius 2 is 1.79 bits per heavy atom. The van der Waals surface area contributed by atoms with Gasteiger partial charge in [0.1, 0.15) is 5.76 Å². The number of thioether (sulfide) groups is 1. The monoisotopic (exact) mass is 351 g/mol. The lowest BCUT2D eigenvalue weighted by Gasteiger charge is -2.55. The van der Waals surface area contributed by atoms with E-state index in [1.807, 2.05) is 11.8 Å². The van der Waals surface area contributed by atoms with Crippen LogP contribution in [0.2, 0.25) is 0 Å². The highest BCUT2D eigenvalue weighted by Crippen LogP contribution is 2.49. The summed E-state index contributed by atoms with van der Waals surface area (Å²) < 4.78 is 6.05. The van der Waals surface area contributed by atoms with E-state index >= 15 is 0 Å². The molecule has 0 bridgehead atoms. The van der Waals surface area contributed by atoms with Crippen molar-refractivity contribution in [2.75, 3.05) is 13.1 Å². The molecule has 1 aromatic rings. The zero-order valence-corrected chi connectivity index (χ0v) is 15.1. The summed E-state index contributed by atoms with van der Waals surface area (Å²) in [6, 6.07) is 4.24. The highest BCUT2D eigenvalue weighted by Gasteiger charge is 2.54. The summed E-state index contributed by atoms with van der Waals surface area (Å²) >= 11 is 1.91. The summed E-state index contributed by atoms with van der Waals surface area (Å²) in [5.74, 6) is 1.04. The van der Waals surface area contributed by atoms with Crippen molar-refractivity contribution in [1.82, 2.24) is 4.90 Å². The predicted molar refractivity (Wildman–Crippen MR) is 95.0 cm³/mol. The summed E-state index contributed by atoms with van der Waals surface area (Å²) in [5.41, 5.74) is -0.221. The van der Waals surface area contributed by atoms with Crippen molar-refractivity contribution in [3.8, 4) is 0 Å². The van der Waals surface area contributed by atoms with E-state index in [0.29, 0.717) is 6.42 Å². The minimum Gasteiger partial charge on any atom is -0.454 e. The molecule has 2 atom stereocenters. The molecule has 24 heavy (non-hydrogen) atoms. The minimum atomic E-state index is -0.309. The molecule has 5 heteroatoms. The van der Waals surface area contributed by atoms with Crippen LogP contribution >= 0.6 is 11.8 Å². The van der Waals surface area contributed by atoms with Gasteiger partial charge in [0.25, 0.3) is 0 Å². The summed E-state index contributed by atoms with van der Waals surface area (Å²) in [4.78, 5) is 2.39. The van der Waals surface area contributed by atoms with Crippen molar-refractivity contribution in [1.29, 1.82) is 0 Å². The molecule has 1 saturated heterocycles. The summed E-state index contributed by atoms with van der Waals surface area (Å²) in [6.45, 7) is 2.70. The van der Waals surface area contributed by atoms with Crippen LogP contribution in [0.4, 0.5) is 0 Å². The second-order valence-corrected chi connectivity index (χ2v) is 9.18. The van der Waals surface area contributed by atoms with E-state index in [1.54, 1.807) is 0 Å². The first kappa shape index (κ1) is 17.0. The van der Waals surface area contributed by atoms with Gasteiger partial charge in [-0.15, -0.1) is 0 Å². The van der Waals surface area contributed by atoms with Gasteiger partial charge in [0, 0.05) is 17.1 Å². The van der Waals surface area contributed by atoms with E-state index in [-0.39, 0.29) is 17.6 Å². The molecule has 0 unspecified atom stereocenters. The van der Waals surface area contributed by atoms with Gasteiger partial charge >= 0.3 is 0 Å². The SMILES string of the molecule is O[C@@H]1C[C@H](O)C12CCN(Cc1ccc(SC3CCCCC3)o1)CC2. The normalized spacial score (nSPS) is 31.2. The summed E-state index contributed by atoms with van der Waals surface area (Å²) in [5, 5.41) is 21.9. The molecule has 2 saturated carbocycles. The van der Waals surface area contributed by atoms with Gasteiger partial charge in [-0.05, 0) is 50.9 Å². The lowest BCUT2D eigenvalue weighted by molar-refractivity contribution is -0.190. The molecule has 1 aliphatic heterocycles. The van der Waals surface area contributed by atoms with Crippen LogP contribution in [0.5, 0.6) is 0 Å². The lowest BCUT2D eigenvalue weighted by atomic mass is 9.58. The van der Waals surface area contributed by atoms with Crippen LogP contribution in [0.1, 0.15) is 57.1 Å².